The molecule has 0 amide bonds. The highest BCUT2D eigenvalue weighted by Gasteiger charge is 2.37. The summed E-state index contributed by atoms with van der Waals surface area (Å²) in [6.45, 7) is -0.105. The SMILES string of the molecule is FC(F)(F)c1ccccc1-c1c(-c2ccccc2-c2cccc(-c3ccccc3)c2Cl)cc(-c2ccccc2)c2c1OCO2. The van der Waals surface area contributed by atoms with E-state index in [0.29, 0.717) is 27.5 Å². The van der Waals surface area contributed by atoms with E-state index in [-0.39, 0.29) is 18.1 Å². The zero-order valence-electron chi connectivity index (χ0n) is 23.2. The molecule has 1 aliphatic rings. The van der Waals surface area contributed by atoms with Crippen molar-refractivity contribution in [1.29, 1.82) is 0 Å². The Morgan fingerprint density at radius 2 is 0.977 bits per heavy atom. The van der Waals surface area contributed by atoms with E-state index in [2.05, 4.69) is 0 Å². The summed E-state index contributed by atoms with van der Waals surface area (Å²) in [4.78, 5) is 0. The summed E-state index contributed by atoms with van der Waals surface area (Å²) in [5.41, 5.74) is 5.79. The summed E-state index contributed by atoms with van der Waals surface area (Å²) in [6, 6.07) is 40.4. The Morgan fingerprint density at radius 3 is 1.64 bits per heavy atom. The van der Waals surface area contributed by atoms with Crippen molar-refractivity contribution >= 4 is 11.6 Å². The molecule has 7 rings (SSSR count). The van der Waals surface area contributed by atoms with Gasteiger partial charge in [0.15, 0.2) is 11.5 Å². The quantitative estimate of drug-likeness (QED) is 0.195. The Kier molecular flexibility index (Phi) is 7.11. The lowest BCUT2D eigenvalue weighted by molar-refractivity contribution is -0.137. The molecule has 2 nitrogen and oxygen atoms in total. The van der Waals surface area contributed by atoms with E-state index in [1.165, 1.54) is 12.1 Å². The van der Waals surface area contributed by atoms with Crippen LogP contribution in [0.4, 0.5) is 13.2 Å². The summed E-state index contributed by atoms with van der Waals surface area (Å²) < 4.78 is 55.4. The Bertz CT molecular complexity index is 1990. The van der Waals surface area contributed by atoms with E-state index in [9.17, 15) is 13.2 Å². The van der Waals surface area contributed by atoms with Gasteiger partial charge in [0.1, 0.15) is 0 Å². The summed E-state index contributed by atoms with van der Waals surface area (Å²) >= 11 is 7.11. The van der Waals surface area contributed by atoms with Gasteiger partial charge in [-0.05, 0) is 45.5 Å². The molecule has 0 aromatic heterocycles. The fourth-order valence-corrected chi connectivity index (χ4v) is 6.20. The zero-order chi connectivity index (χ0) is 30.3. The first-order valence-corrected chi connectivity index (χ1v) is 14.4. The van der Waals surface area contributed by atoms with Gasteiger partial charge >= 0.3 is 6.18 Å². The maximum absolute atomic E-state index is 14.5. The van der Waals surface area contributed by atoms with Crippen LogP contribution in [0.25, 0.3) is 55.6 Å². The number of hydrogen-bond donors (Lipinski definition) is 0. The van der Waals surface area contributed by atoms with Gasteiger partial charge in [0.2, 0.25) is 6.79 Å². The van der Waals surface area contributed by atoms with Crippen LogP contribution in [0.1, 0.15) is 5.56 Å². The highest BCUT2D eigenvalue weighted by molar-refractivity contribution is 6.36. The lowest BCUT2D eigenvalue weighted by Crippen LogP contribution is -2.07. The molecule has 0 fully saturated rings. The zero-order valence-corrected chi connectivity index (χ0v) is 24.0. The van der Waals surface area contributed by atoms with Crippen molar-refractivity contribution in [3.63, 3.8) is 0 Å². The molecule has 6 aromatic carbocycles. The molecule has 0 spiro atoms. The van der Waals surface area contributed by atoms with Crippen LogP contribution in [0, 0.1) is 0 Å². The van der Waals surface area contributed by atoms with Crippen LogP contribution in [0.3, 0.4) is 0 Å². The minimum atomic E-state index is -4.59. The predicted octanol–water partition coefficient (Wildman–Crippen LogP) is 11.4. The maximum Gasteiger partial charge on any atom is 0.417 e. The van der Waals surface area contributed by atoms with Gasteiger partial charge in [0.25, 0.3) is 0 Å². The van der Waals surface area contributed by atoms with Gasteiger partial charge in [-0.25, -0.2) is 0 Å². The van der Waals surface area contributed by atoms with E-state index in [4.69, 9.17) is 21.1 Å². The van der Waals surface area contributed by atoms with Gasteiger partial charge in [-0.1, -0.05) is 133 Å². The van der Waals surface area contributed by atoms with Gasteiger partial charge in [0, 0.05) is 22.3 Å². The van der Waals surface area contributed by atoms with E-state index < -0.39 is 11.7 Å². The van der Waals surface area contributed by atoms with Crippen molar-refractivity contribution in [2.24, 2.45) is 0 Å². The number of benzene rings is 6. The lowest BCUT2D eigenvalue weighted by atomic mass is 9.84. The van der Waals surface area contributed by atoms with Crippen molar-refractivity contribution in [2.45, 2.75) is 6.18 Å². The van der Waals surface area contributed by atoms with E-state index >= 15 is 0 Å². The molecule has 0 saturated carbocycles. The molecular weight excluding hydrogens is 581 g/mol. The first-order valence-electron chi connectivity index (χ1n) is 14.0. The Labute approximate surface area is 257 Å². The summed E-state index contributed by atoms with van der Waals surface area (Å²) in [5, 5.41) is 0.549. The van der Waals surface area contributed by atoms with Crippen LogP contribution >= 0.6 is 11.6 Å². The molecule has 216 valence electrons. The van der Waals surface area contributed by atoms with Crippen molar-refractivity contribution in [1.82, 2.24) is 0 Å². The molecular formula is C38H24ClF3O2. The van der Waals surface area contributed by atoms with Gasteiger partial charge in [0.05, 0.1) is 10.6 Å². The summed E-state index contributed by atoms with van der Waals surface area (Å²) in [5.74, 6) is 0.686. The molecule has 1 heterocycles. The summed E-state index contributed by atoms with van der Waals surface area (Å²) in [6.07, 6.45) is -4.59. The molecule has 6 heteroatoms. The van der Waals surface area contributed by atoms with Crippen molar-refractivity contribution < 1.29 is 22.6 Å². The van der Waals surface area contributed by atoms with Crippen molar-refractivity contribution in [2.75, 3.05) is 6.79 Å². The van der Waals surface area contributed by atoms with Crippen molar-refractivity contribution in [3.05, 3.63) is 144 Å². The number of ether oxygens (including phenoxy) is 2. The fraction of sp³-hybridized carbons (Fsp3) is 0.0526. The van der Waals surface area contributed by atoms with Crippen molar-refractivity contribution in [3.8, 4) is 67.1 Å². The van der Waals surface area contributed by atoms with Crippen LogP contribution < -0.4 is 9.47 Å². The molecule has 0 unspecified atom stereocenters. The van der Waals surface area contributed by atoms with Crippen LogP contribution in [0.2, 0.25) is 5.02 Å². The average molecular weight is 605 g/mol. The molecule has 0 saturated heterocycles. The third-order valence-electron chi connectivity index (χ3n) is 7.82. The highest BCUT2D eigenvalue weighted by atomic mass is 35.5. The number of rotatable bonds is 5. The molecule has 0 bridgehead atoms. The third kappa shape index (κ3) is 4.89. The smallest absolute Gasteiger partial charge is 0.417 e. The molecule has 0 N–H and O–H groups in total. The van der Waals surface area contributed by atoms with E-state index in [1.54, 1.807) is 6.07 Å². The molecule has 0 radical (unpaired) electrons. The first kappa shape index (κ1) is 27.8. The van der Waals surface area contributed by atoms with E-state index in [0.717, 1.165) is 39.4 Å². The molecule has 0 aliphatic carbocycles. The largest absolute Gasteiger partial charge is 0.453 e. The monoisotopic (exact) mass is 604 g/mol. The van der Waals surface area contributed by atoms with Gasteiger partial charge < -0.3 is 9.47 Å². The minimum absolute atomic E-state index is 0.00954. The molecule has 1 aliphatic heterocycles. The van der Waals surface area contributed by atoms with Crippen LogP contribution in [-0.4, -0.2) is 6.79 Å². The second kappa shape index (κ2) is 11.3. The second-order valence-corrected chi connectivity index (χ2v) is 10.8. The Balaban J connectivity index is 1.55. The Morgan fingerprint density at radius 1 is 0.477 bits per heavy atom. The number of halogens is 4. The topological polar surface area (TPSA) is 18.5 Å². The van der Waals surface area contributed by atoms with Gasteiger partial charge in [-0.2, -0.15) is 13.2 Å². The first-order chi connectivity index (χ1) is 21.4. The number of alkyl halides is 3. The molecule has 0 atom stereocenters. The van der Waals surface area contributed by atoms with Gasteiger partial charge in [-0.15, -0.1) is 0 Å². The van der Waals surface area contributed by atoms with Crippen LogP contribution in [-0.2, 0) is 6.18 Å². The fourth-order valence-electron chi connectivity index (χ4n) is 5.86. The maximum atomic E-state index is 14.5. The van der Waals surface area contributed by atoms with Crippen LogP contribution in [0.5, 0.6) is 11.5 Å². The average Bonchev–Trinajstić information content (AvgIpc) is 3.55. The highest BCUT2D eigenvalue weighted by Crippen LogP contribution is 2.55. The predicted molar refractivity (Wildman–Crippen MR) is 170 cm³/mol. The van der Waals surface area contributed by atoms with Crippen LogP contribution in [0.15, 0.2) is 133 Å². The Hall–Kier alpha value is -5.00. The molecule has 6 aromatic rings. The number of hydrogen-bond acceptors (Lipinski definition) is 2. The number of fused-ring (bicyclic) bond motifs is 1. The van der Waals surface area contributed by atoms with Gasteiger partial charge in [-0.3, -0.25) is 0 Å². The minimum Gasteiger partial charge on any atom is -0.453 e. The molecule has 44 heavy (non-hydrogen) atoms. The standard InChI is InChI=1S/C38H24ClF3O2/c39-35-26(24-12-3-1-4-13-24)19-11-20-29(35)27-16-7-8-17-28(27)32-22-31(25-14-5-2-6-15-25)36-37(44-23-43-36)34(32)30-18-9-10-21-33(30)38(40,41)42/h1-22H,23H2. The second-order valence-electron chi connectivity index (χ2n) is 10.4. The normalized spacial score (nSPS) is 12.4. The lowest BCUT2D eigenvalue weighted by Gasteiger charge is -2.22. The third-order valence-corrected chi connectivity index (χ3v) is 8.23. The summed E-state index contributed by atoms with van der Waals surface area (Å²) in [7, 11) is 0. The van der Waals surface area contributed by atoms with E-state index in [1.807, 2.05) is 109 Å².